The summed E-state index contributed by atoms with van der Waals surface area (Å²) in [6.45, 7) is 5.31. The van der Waals surface area contributed by atoms with Crippen molar-refractivity contribution >= 4 is 49.0 Å². The van der Waals surface area contributed by atoms with Gasteiger partial charge < -0.3 is 0 Å². The third kappa shape index (κ3) is 2.83. The van der Waals surface area contributed by atoms with Crippen molar-refractivity contribution in [1.82, 2.24) is 34.3 Å². The van der Waals surface area contributed by atoms with Gasteiger partial charge in [-0.3, -0.25) is 4.68 Å². The minimum Gasteiger partial charge on any atom is -0.260 e. The van der Waals surface area contributed by atoms with E-state index in [4.69, 9.17) is 11.6 Å². The van der Waals surface area contributed by atoms with Gasteiger partial charge in [-0.05, 0) is 32.4 Å². The molecule has 0 saturated heterocycles. The largest absolute Gasteiger partial charge is 0.433 e. The van der Waals surface area contributed by atoms with E-state index in [1.54, 1.807) is 24.7 Å². The number of thiophene rings is 1. The highest BCUT2D eigenvalue weighted by molar-refractivity contribution is 7.26. The predicted octanol–water partition coefficient (Wildman–Crippen LogP) is 4.98. The molecule has 0 fully saturated rings. The van der Waals surface area contributed by atoms with Gasteiger partial charge in [0, 0.05) is 11.6 Å². The molecular formula is C18H13ClF3N7S. The summed E-state index contributed by atoms with van der Waals surface area (Å²) in [5.41, 5.74) is 1.31. The van der Waals surface area contributed by atoms with E-state index in [1.165, 1.54) is 10.8 Å². The van der Waals surface area contributed by atoms with Crippen molar-refractivity contribution in [3.63, 3.8) is 0 Å². The zero-order valence-corrected chi connectivity index (χ0v) is 17.4. The number of halogens is 4. The fraction of sp³-hybridized carbons (Fsp3) is 0.278. The molecule has 5 rings (SSSR count). The highest BCUT2D eigenvalue weighted by atomic mass is 35.5. The number of pyridine rings is 1. The number of nitrogens with zero attached hydrogens (tertiary/aromatic N) is 7. The van der Waals surface area contributed by atoms with Gasteiger partial charge in [0.2, 0.25) is 0 Å². The van der Waals surface area contributed by atoms with Crippen LogP contribution in [0.2, 0.25) is 5.02 Å². The lowest BCUT2D eigenvalue weighted by Gasteiger charge is -2.06. The molecule has 0 N–H and O–H groups in total. The zero-order chi connectivity index (χ0) is 21.4. The minimum atomic E-state index is -4.52. The van der Waals surface area contributed by atoms with Crippen molar-refractivity contribution in [3.8, 4) is 0 Å². The molecule has 1 atom stereocenters. The Balaban J connectivity index is 1.71. The highest BCUT2D eigenvalue weighted by Crippen LogP contribution is 2.38. The van der Waals surface area contributed by atoms with Gasteiger partial charge in [-0.2, -0.15) is 18.3 Å². The van der Waals surface area contributed by atoms with E-state index in [0.29, 0.717) is 43.4 Å². The molecule has 0 saturated carbocycles. The first kappa shape index (κ1) is 19.2. The second-order valence-electron chi connectivity index (χ2n) is 6.98. The predicted molar refractivity (Wildman–Crippen MR) is 107 cm³/mol. The first-order valence-corrected chi connectivity index (χ1v) is 10.1. The minimum absolute atomic E-state index is 0.269. The highest BCUT2D eigenvalue weighted by Gasteiger charge is 2.33. The Labute approximate surface area is 176 Å². The van der Waals surface area contributed by atoms with Crippen molar-refractivity contribution in [1.29, 1.82) is 0 Å². The van der Waals surface area contributed by atoms with Gasteiger partial charge in [-0.1, -0.05) is 11.6 Å². The normalized spacial score (nSPS) is 13.7. The summed E-state index contributed by atoms with van der Waals surface area (Å²) in [7, 11) is 0. The summed E-state index contributed by atoms with van der Waals surface area (Å²) >= 11 is 7.22. The van der Waals surface area contributed by atoms with Gasteiger partial charge in [0.1, 0.15) is 27.6 Å². The van der Waals surface area contributed by atoms with Crippen LogP contribution in [0.3, 0.4) is 0 Å². The number of rotatable bonds is 2. The van der Waals surface area contributed by atoms with Crippen molar-refractivity contribution in [3.05, 3.63) is 46.4 Å². The molecule has 0 aliphatic rings. The molecule has 0 aromatic carbocycles. The van der Waals surface area contributed by atoms with E-state index in [2.05, 4.69) is 25.1 Å². The quantitative estimate of drug-likeness (QED) is 0.378. The van der Waals surface area contributed by atoms with Gasteiger partial charge in [0.05, 0.1) is 16.2 Å². The second kappa shape index (κ2) is 6.35. The molecule has 12 heteroatoms. The first-order valence-electron chi connectivity index (χ1n) is 8.87. The number of alkyl halides is 3. The van der Waals surface area contributed by atoms with Gasteiger partial charge in [-0.15, -0.1) is 16.4 Å². The summed E-state index contributed by atoms with van der Waals surface area (Å²) in [5.74, 6) is 0.488. The molecule has 0 radical (unpaired) electrons. The van der Waals surface area contributed by atoms with E-state index >= 15 is 0 Å². The van der Waals surface area contributed by atoms with Crippen LogP contribution < -0.4 is 0 Å². The van der Waals surface area contributed by atoms with Crippen LogP contribution in [0, 0.1) is 13.8 Å². The van der Waals surface area contributed by atoms with Crippen LogP contribution >= 0.6 is 22.9 Å². The summed E-state index contributed by atoms with van der Waals surface area (Å²) in [6.07, 6.45) is -1.31. The average Bonchev–Trinajstić information content (AvgIpc) is 3.35. The third-order valence-electron chi connectivity index (χ3n) is 4.90. The molecule has 154 valence electrons. The maximum Gasteiger partial charge on any atom is 0.433 e. The topological polar surface area (TPSA) is 73.8 Å². The lowest BCUT2D eigenvalue weighted by Crippen LogP contribution is -2.09. The van der Waals surface area contributed by atoms with E-state index in [0.717, 1.165) is 17.4 Å². The van der Waals surface area contributed by atoms with Gasteiger partial charge in [0.25, 0.3) is 0 Å². The number of fused-ring (bicyclic) bond motifs is 5. The smallest absolute Gasteiger partial charge is 0.260 e. The molecule has 5 aromatic heterocycles. The second-order valence-corrected chi connectivity index (χ2v) is 8.39. The fourth-order valence-corrected chi connectivity index (χ4v) is 4.64. The third-order valence-corrected chi connectivity index (χ3v) is 6.34. The van der Waals surface area contributed by atoms with Gasteiger partial charge >= 0.3 is 6.18 Å². The molecule has 1 unspecified atom stereocenters. The van der Waals surface area contributed by atoms with E-state index in [9.17, 15) is 13.2 Å². The summed E-state index contributed by atoms with van der Waals surface area (Å²) in [6, 6.07) is 0.749. The number of aromatic nitrogens is 7. The van der Waals surface area contributed by atoms with Crippen molar-refractivity contribution in [2.45, 2.75) is 33.0 Å². The Hall–Kier alpha value is -2.79. The maximum absolute atomic E-state index is 13.2. The lowest BCUT2D eigenvalue weighted by molar-refractivity contribution is -0.141. The molecule has 5 aromatic rings. The average molecular weight is 452 g/mol. The summed E-state index contributed by atoms with van der Waals surface area (Å²) < 4.78 is 43.3. The van der Waals surface area contributed by atoms with Crippen LogP contribution in [0.5, 0.6) is 0 Å². The van der Waals surface area contributed by atoms with Crippen molar-refractivity contribution < 1.29 is 13.2 Å². The van der Waals surface area contributed by atoms with Crippen LogP contribution in [0.1, 0.15) is 35.7 Å². The summed E-state index contributed by atoms with van der Waals surface area (Å²) in [5, 5.41) is 9.97. The Morgan fingerprint density at radius 3 is 2.60 bits per heavy atom. The fourth-order valence-electron chi connectivity index (χ4n) is 3.32. The van der Waals surface area contributed by atoms with Crippen LogP contribution in [0.15, 0.2) is 18.6 Å². The SMILES string of the molecule is Cc1nn(C(C)c2nc3c4sc5nc(C(F)(F)F)cc(C)c5c4ncn3n2)cc1Cl. The van der Waals surface area contributed by atoms with Gasteiger partial charge in [0.15, 0.2) is 11.5 Å². The lowest BCUT2D eigenvalue weighted by atomic mass is 10.1. The molecule has 30 heavy (non-hydrogen) atoms. The molecule has 0 bridgehead atoms. The molecular weight excluding hydrogens is 439 g/mol. The van der Waals surface area contributed by atoms with E-state index in [1.807, 2.05) is 6.92 Å². The standard InChI is InChI=1S/C18H13ClF3N7S/c1-7-4-11(18(20,21)22)24-17-12(7)13-14(30-17)16-25-15(27-29(16)6-23-13)9(3)28-5-10(19)8(2)26-28/h4-6,9H,1-3H3. The number of hydrogen-bond donors (Lipinski definition) is 0. The maximum atomic E-state index is 13.2. The van der Waals surface area contributed by atoms with Crippen LogP contribution in [-0.4, -0.2) is 34.3 Å². The van der Waals surface area contributed by atoms with Crippen LogP contribution in [0.4, 0.5) is 13.2 Å². The Morgan fingerprint density at radius 2 is 1.93 bits per heavy atom. The molecule has 0 spiro atoms. The van der Waals surface area contributed by atoms with Crippen molar-refractivity contribution in [2.24, 2.45) is 0 Å². The van der Waals surface area contributed by atoms with Crippen LogP contribution in [0.25, 0.3) is 26.1 Å². The van der Waals surface area contributed by atoms with Crippen LogP contribution in [-0.2, 0) is 6.18 Å². The van der Waals surface area contributed by atoms with E-state index < -0.39 is 11.9 Å². The summed E-state index contributed by atoms with van der Waals surface area (Å²) in [4.78, 5) is 13.1. The Bertz CT molecular complexity index is 1430. The number of aryl methyl sites for hydroxylation is 2. The molecule has 0 amide bonds. The van der Waals surface area contributed by atoms with E-state index in [-0.39, 0.29) is 10.9 Å². The molecule has 0 aliphatic carbocycles. The molecule has 7 nitrogen and oxygen atoms in total. The number of hydrogen-bond acceptors (Lipinski definition) is 6. The molecule has 5 heterocycles. The van der Waals surface area contributed by atoms with Crippen molar-refractivity contribution in [2.75, 3.05) is 0 Å². The zero-order valence-electron chi connectivity index (χ0n) is 15.9. The first-order chi connectivity index (χ1) is 14.1. The molecule has 0 aliphatic heterocycles. The Morgan fingerprint density at radius 1 is 1.17 bits per heavy atom. The monoisotopic (exact) mass is 451 g/mol. The van der Waals surface area contributed by atoms with Gasteiger partial charge in [-0.25, -0.2) is 19.5 Å². The Kier molecular flexibility index (Phi) is 4.06.